The maximum atomic E-state index is 12.7. The van der Waals surface area contributed by atoms with Gasteiger partial charge < -0.3 is 9.73 Å². The molecule has 0 saturated heterocycles. The maximum Gasteiger partial charge on any atom is 0.185 e. The Hall–Kier alpha value is -3.04. The van der Waals surface area contributed by atoms with Crippen LogP contribution in [0.15, 0.2) is 83.5 Å². The molecule has 5 rings (SSSR count). The van der Waals surface area contributed by atoms with Crippen LogP contribution in [0.2, 0.25) is 5.02 Å². The summed E-state index contributed by atoms with van der Waals surface area (Å²) in [5, 5.41) is 4.44. The number of carbonyl (C=O) groups excluding carboxylic acids is 1. The molecule has 2 aromatic carbocycles. The Bertz CT molecular complexity index is 1100. The SMILES string of the molecule is O=C(/C=C/c1ccco1)c1ccc2c(c1)C1C=CCC1C(c1ccc(Cl)cc1)N2. The highest BCUT2D eigenvalue weighted by Gasteiger charge is 2.38. The van der Waals surface area contributed by atoms with E-state index >= 15 is 0 Å². The van der Waals surface area contributed by atoms with E-state index in [1.165, 1.54) is 11.1 Å². The van der Waals surface area contributed by atoms with E-state index in [-0.39, 0.29) is 11.8 Å². The molecule has 1 aliphatic carbocycles. The summed E-state index contributed by atoms with van der Waals surface area (Å²) in [5.41, 5.74) is 4.20. The summed E-state index contributed by atoms with van der Waals surface area (Å²) in [6, 6.07) is 17.9. The van der Waals surface area contributed by atoms with Crippen molar-refractivity contribution in [1.29, 1.82) is 0 Å². The van der Waals surface area contributed by atoms with Crippen LogP contribution in [0.3, 0.4) is 0 Å². The molecule has 0 spiro atoms. The number of hydrogen-bond acceptors (Lipinski definition) is 3. The van der Waals surface area contributed by atoms with Crippen molar-refractivity contribution in [2.24, 2.45) is 5.92 Å². The molecule has 0 fully saturated rings. The number of nitrogens with one attached hydrogen (secondary N) is 1. The van der Waals surface area contributed by atoms with Crippen molar-refractivity contribution in [3.63, 3.8) is 0 Å². The molecular formula is C25H20ClNO2. The van der Waals surface area contributed by atoms with Crippen molar-refractivity contribution in [2.45, 2.75) is 18.4 Å². The largest absolute Gasteiger partial charge is 0.465 e. The molecule has 0 saturated carbocycles. The van der Waals surface area contributed by atoms with Crippen molar-refractivity contribution >= 4 is 29.1 Å². The lowest BCUT2D eigenvalue weighted by molar-refractivity contribution is 0.104. The minimum absolute atomic E-state index is 0.0254. The smallest absolute Gasteiger partial charge is 0.185 e. The van der Waals surface area contributed by atoms with Gasteiger partial charge in [0.2, 0.25) is 0 Å². The van der Waals surface area contributed by atoms with E-state index in [4.69, 9.17) is 16.0 Å². The molecule has 0 radical (unpaired) electrons. The highest BCUT2D eigenvalue weighted by atomic mass is 35.5. The second-order valence-electron chi connectivity index (χ2n) is 7.54. The third kappa shape index (κ3) is 3.43. The summed E-state index contributed by atoms with van der Waals surface area (Å²) in [7, 11) is 0. The van der Waals surface area contributed by atoms with E-state index in [9.17, 15) is 4.79 Å². The average Bonchev–Trinajstić information content (AvgIpc) is 3.44. The third-order valence-electron chi connectivity index (χ3n) is 5.82. The summed E-state index contributed by atoms with van der Waals surface area (Å²) in [6.45, 7) is 0. The maximum absolute atomic E-state index is 12.7. The quantitative estimate of drug-likeness (QED) is 0.302. The van der Waals surface area contributed by atoms with Crippen LogP contribution in [-0.4, -0.2) is 5.78 Å². The molecule has 1 N–H and O–H groups in total. The molecule has 3 unspecified atom stereocenters. The molecule has 3 atom stereocenters. The van der Waals surface area contributed by atoms with E-state index in [1.54, 1.807) is 24.5 Å². The summed E-state index contributed by atoms with van der Waals surface area (Å²) in [4.78, 5) is 12.7. The molecule has 4 heteroatoms. The molecular weight excluding hydrogens is 382 g/mol. The molecule has 2 heterocycles. The average molecular weight is 402 g/mol. The van der Waals surface area contributed by atoms with Gasteiger partial charge in [-0.3, -0.25) is 4.79 Å². The number of hydrogen-bond donors (Lipinski definition) is 1. The van der Waals surface area contributed by atoms with Crippen LogP contribution in [0.5, 0.6) is 0 Å². The van der Waals surface area contributed by atoms with Crippen molar-refractivity contribution in [2.75, 3.05) is 5.32 Å². The summed E-state index contributed by atoms with van der Waals surface area (Å²) >= 11 is 6.07. The fourth-order valence-corrected chi connectivity index (χ4v) is 4.51. The summed E-state index contributed by atoms with van der Waals surface area (Å²) < 4.78 is 5.26. The Morgan fingerprint density at radius 1 is 1.14 bits per heavy atom. The standard InChI is InChI=1S/C25H20ClNO2/c26-18-9-6-16(7-10-18)25-21-5-1-4-20(21)22-15-17(8-12-23(22)27-25)24(28)13-11-19-3-2-14-29-19/h1-4,6-15,20-21,25,27H,5H2/b13-11+. The molecule has 3 nitrogen and oxygen atoms in total. The molecule has 0 amide bonds. The van der Waals surface area contributed by atoms with Crippen LogP contribution in [0, 0.1) is 5.92 Å². The highest BCUT2D eigenvalue weighted by molar-refractivity contribution is 6.30. The fraction of sp³-hybridized carbons (Fsp3) is 0.160. The number of anilines is 1. The van der Waals surface area contributed by atoms with Crippen molar-refractivity contribution in [1.82, 2.24) is 0 Å². The van der Waals surface area contributed by atoms with Crippen LogP contribution < -0.4 is 5.32 Å². The first-order valence-electron chi connectivity index (χ1n) is 9.77. The van der Waals surface area contributed by atoms with Crippen molar-refractivity contribution in [3.8, 4) is 0 Å². The zero-order valence-corrected chi connectivity index (χ0v) is 16.5. The monoisotopic (exact) mass is 401 g/mol. The topological polar surface area (TPSA) is 42.2 Å². The van der Waals surface area contributed by atoms with Crippen LogP contribution in [0.4, 0.5) is 5.69 Å². The van der Waals surface area contributed by atoms with Crippen LogP contribution in [0.25, 0.3) is 6.08 Å². The van der Waals surface area contributed by atoms with Gasteiger partial charge in [-0.25, -0.2) is 0 Å². The minimum Gasteiger partial charge on any atom is -0.465 e. The Kier molecular flexibility index (Phi) is 4.61. The lowest BCUT2D eigenvalue weighted by Gasteiger charge is -2.37. The Labute approximate surface area is 174 Å². The van der Waals surface area contributed by atoms with Gasteiger partial charge in [-0.15, -0.1) is 0 Å². The number of benzene rings is 2. The zero-order chi connectivity index (χ0) is 19.8. The summed E-state index contributed by atoms with van der Waals surface area (Å²) in [5.74, 6) is 1.37. The Morgan fingerprint density at radius 2 is 2.00 bits per heavy atom. The number of furan rings is 1. The molecule has 29 heavy (non-hydrogen) atoms. The molecule has 1 aliphatic heterocycles. The van der Waals surface area contributed by atoms with Crippen molar-refractivity contribution in [3.05, 3.63) is 107 Å². The van der Waals surface area contributed by atoms with E-state index in [0.717, 1.165) is 17.1 Å². The molecule has 1 aromatic heterocycles. The number of ketones is 1. The molecule has 3 aromatic rings. The number of rotatable bonds is 4. The predicted octanol–water partition coefficient (Wildman–Crippen LogP) is 6.66. The van der Waals surface area contributed by atoms with Gasteiger partial charge in [0.1, 0.15) is 5.76 Å². The van der Waals surface area contributed by atoms with E-state index in [1.807, 2.05) is 36.4 Å². The first-order chi connectivity index (χ1) is 14.2. The van der Waals surface area contributed by atoms with Crippen molar-refractivity contribution < 1.29 is 9.21 Å². The van der Waals surface area contributed by atoms with Gasteiger partial charge in [0.05, 0.1) is 12.3 Å². The minimum atomic E-state index is -0.0254. The predicted molar refractivity (Wildman–Crippen MR) is 116 cm³/mol. The molecule has 2 aliphatic rings. The lowest BCUT2D eigenvalue weighted by Crippen LogP contribution is -2.29. The second-order valence-corrected chi connectivity index (χ2v) is 7.98. The highest BCUT2D eigenvalue weighted by Crippen LogP contribution is 2.50. The lowest BCUT2D eigenvalue weighted by atomic mass is 9.76. The van der Waals surface area contributed by atoms with Gasteiger partial charge in [-0.2, -0.15) is 0 Å². The van der Waals surface area contributed by atoms with Crippen LogP contribution in [-0.2, 0) is 0 Å². The zero-order valence-electron chi connectivity index (χ0n) is 15.7. The Balaban J connectivity index is 1.45. The molecule has 0 bridgehead atoms. The number of carbonyl (C=O) groups is 1. The second kappa shape index (κ2) is 7.41. The van der Waals surface area contributed by atoms with Crippen LogP contribution in [0.1, 0.15) is 45.6 Å². The van der Waals surface area contributed by atoms with E-state index < -0.39 is 0 Å². The first kappa shape index (κ1) is 18.0. The Morgan fingerprint density at radius 3 is 2.79 bits per heavy atom. The van der Waals surface area contributed by atoms with Gasteiger partial charge in [0.25, 0.3) is 0 Å². The third-order valence-corrected chi connectivity index (χ3v) is 6.07. The van der Waals surface area contributed by atoms with Gasteiger partial charge in [-0.05, 0) is 78.1 Å². The molecule has 144 valence electrons. The van der Waals surface area contributed by atoms with Gasteiger partial charge in [0.15, 0.2) is 5.78 Å². The number of fused-ring (bicyclic) bond motifs is 3. The number of allylic oxidation sites excluding steroid dienone is 3. The van der Waals surface area contributed by atoms with Crippen LogP contribution >= 0.6 is 11.6 Å². The van der Waals surface area contributed by atoms with Gasteiger partial charge in [-0.1, -0.05) is 35.9 Å². The van der Waals surface area contributed by atoms with Gasteiger partial charge >= 0.3 is 0 Å². The number of halogens is 1. The van der Waals surface area contributed by atoms with E-state index in [2.05, 4.69) is 29.6 Å². The van der Waals surface area contributed by atoms with Gasteiger partial charge in [0, 0.05) is 22.2 Å². The normalized spacial score (nSPS) is 22.3. The van der Waals surface area contributed by atoms with E-state index in [0.29, 0.717) is 23.2 Å². The first-order valence-corrected chi connectivity index (χ1v) is 10.2. The summed E-state index contributed by atoms with van der Waals surface area (Å²) in [6.07, 6.45) is 10.4. The fourth-order valence-electron chi connectivity index (χ4n) is 4.39.